The molecular formula is C19H21N7OS. The topological polar surface area (TPSA) is 101 Å². The van der Waals surface area contributed by atoms with Crippen LogP contribution in [0.3, 0.4) is 0 Å². The van der Waals surface area contributed by atoms with Crippen molar-refractivity contribution in [3.8, 4) is 0 Å². The number of aromatic amines is 1. The fraction of sp³-hybridized carbons (Fsp3) is 0.316. The number of thioether (sulfide) groups is 1. The minimum atomic E-state index is -0.339. The van der Waals surface area contributed by atoms with Crippen molar-refractivity contribution in [2.24, 2.45) is 0 Å². The van der Waals surface area contributed by atoms with Crippen LogP contribution in [0.2, 0.25) is 0 Å². The number of rotatable bonds is 6. The van der Waals surface area contributed by atoms with Crippen LogP contribution in [0.25, 0.3) is 16.8 Å². The molecule has 144 valence electrons. The molecule has 0 fully saturated rings. The Labute approximate surface area is 166 Å². The molecule has 4 aromatic rings. The molecule has 0 radical (unpaired) electrons. The number of benzene rings is 1. The molecule has 0 spiro atoms. The van der Waals surface area contributed by atoms with Gasteiger partial charge >= 0.3 is 0 Å². The summed E-state index contributed by atoms with van der Waals surface area (Å²) in [4.78, 5) is 29.4. The van der Waals surface area contributed by atoms with Gasteiger partial charge in [0.05, 0.1) is 17.1 Å². The molecule has 4 rings (SSSR count). The van der Waals surface area contributed by atoms with Gasteiger partial charge in [0, 0.05) is 11.4 Å². The van der Waals surface area contributed by atoms with Crippen LogP contribution < -0.4 is 5.32 Å². The predicted octanol–water partition coefficient (Wildman–Crippen LogP) is 2.84. The van der Waals surface area contributed by atoms with Gasteiger partial charge in [-0.25, -0.2) is 14.5 Å². The lowest BCUT2D eigenvalue weighted by Gasteiger charge is -2.15. The van der Waals surface area contributed by atoms with Crippen molar-refractivity contribution in [2.45, 2.75) is 26.3 Å². The van der Waals surface area contributed by atoms with Crippen LogP contribution in [0.4, 0.5) is 0 Å². The lowest BCUT2D eigenvalue weighted by molar-refractivity contribution is 0.0924. The van der Waals surface area contributed by atoms with Gasteiger partial charge in [-0.15, -0.1) is 5.10 Å². The second-order valence-corrected chi connectivity index (χ2v) is 7.62. The molecule has 1 amide bonds. The van der Waals surface area contributed by atoms with Gasteiger partial charge in [-0.3, -0.25) is 4.79 Å². The number of nitrogens with zero attached hydrogens (tertiary/aromatic N) is 5. The van der Waals surface area contributed by atoms with E-state index in [0.717, 1.165) is 40.4 Å². The van der Waals surface area contributed by atoms with E-state index in [1.54, 1.807) is 16.3 Å². The van der Waals surface area contributed by atoms with Crippen molar-refractivity contribution < 1.29 is 4.79 Å². The van der Waals surface area contributed by atoms with E-state index in [2.05, 4.69) is 30.4 Å². The van der Waals surface area contributed by atoms with Crippen molar-refractivity contribution in [3.05, 3.63) is 53.4 Å². The van der Waals surface area contributed by atoms with Gasteiger partial charge in [-0.2, -0.15) is 16.7 Å². The number of aromatic nitrogens is 6. The third-order valence-corrected chi connectivity index (χ3v) is 5.12. The second kappa shape index (κ2) is 7.59. The lowest BCUT2D eigenvalue weighted by Crippen LogP contribution is -2.30. The Morgan fingerprint density at radius 2 is 2.07 bits per heavy atom. The molecule has 0 aliphatic carbocycles. The molecule has 2 N–H and O–H groups in total. The number of nitrogens with one attached hydrogen (secondary N) is 2. The molecule has 8 nitrogen and oxygen atoms in total. The number of H-pyrrole nitrogens is 1. The summed E-state index contributed by atoms with van der Waals surface area (Å²) in [6.07, 6.45) is 2.79. The summed E-state index contributed by atoms with van der Waals surface area (Å²) in [7, 11) is 0. The monoisotopic (exact) mass is 395 g/mol. The maximum absolute atomic E-state index is 12.8. The Morgan fingerprint density at radius 3 is 2.86 bits per heavy atom. The summed E-state index contributed by atoms with van der Waals surface area (Å²) in [5, 5.41) is 7.35. The summed E-state index contributed by atoms with van der Waals surface area (Å²) in [5.74, 6) is 1.81. The molecule has 3 aromatic heterocycles. The number of imidazole rings is 1. The van der Waals surface area contributed by atoms with E-state index < -0.39 is 0 Å². The fourth-order valence-electron chi connectivity index (χ4n) is 3.14. The summed E-state index contributed by atoms with van der Waals surface area (Å²) >= 11 is 1.72. The minimum absolute atomic E-state index is 0.103. The van der Waals surface area contributed by atoms with Crippen LogP contribution in [0, 0.1) is 13.8 Å². The van der Waals surface area contributed by atoms with Crippen LogP contribution in [0.5, 0.6) is 0 Å². The Bertz CT molecular complexity index is 1120. The number of carbonyl (C=O) groups is 1. The maximum Gasteiger partial charge on any atom is 0.291 e. The first-order valence-corrected chi connectivity index (χ1v) is 10.4. The van der Waals surface area contributed by atoms with Crippen LogP contribution in [0.1, 0.15) is 40.3 Å². The van der Waals surface area contributed by atoms with E-state index in [0.29, 0.717) is 5.78 Å². The normalized spacial score (nSPS) is 12.5. The number of carbonyl (C=O) groups excluding carboxylic acids is 1. The summed E-state index contributed by atoms with van der Waals surface area (Å²) in [6, 6.07) is 9.47. The van der Waals surface area contributed by atoms with Crippen molar-refractivity contribution in [1.82, 2.24) is 34.9 Å². The third-order valence-electron chi connectivity index (χ3n) is 4.48. The summed E-state index contributed by atoms with van der Waals surface area (Å²) in [6.45, 7) is 3.80. The summed E-state index contributed by atoms with van der Waals surface area (Å²) < 4.78 is 1.58. The highest BCUT2D eigenvalue weighted by Gasteiger charge is 2.22. The average Bonchev–Trinajstić information content (AvgIpc) is 3.29. The van der Waals surface area contributed by atoms with Gasteiger partial charge in [0.25, 0.3) is 11.7 Å². The van der Waals surface area contributed by atoms with Gasteiger partial charge in [-0.1, -0.05) is 12.1 Å². The van der Waals surface area contributed by atoms with Gasteiger partial charge in [0.2, 0.25) is 5.82 Å². The highest BCUT2D eigenvalue weighted by atomic mass is 32.2. The standard InChI is InChI=1S/C19H21N7OS/c1-11-10-12(2)26-19(20-11)24-17(25-26)18(27)23-15(8-9-28-3)16-21-13-6-4-5-7-14(13)22-16/h4-7,10,15H,8-9H2,1-3H3,(H,21,22)(H,23,27). The van der Waals surface area contributed by atoms with Crippen molar-refractivity contribution >= 4 is 34.5 Å². The van der Waals surface area contributed by atoms with Crippen LogP contribution in [-0.2, 0) is 0 Å². The van der Waals surface area contributed by atoms with Gasteiger partial charge in [0.1, 0.15) is 5.82 Å². The SMILES string of the molecule is CSCCC(NC(=O)c1nc2nc(C)cc(C)n2n1)c1nc2ccccc2[nH]1. The molecule has 0 saturated heterocycles. The molecular weight excluding hydrogens is 374 g/mol. The molecule has 0 aliphatic heterocycles. The molecule has 0 bridgehead atoms. The van der Waals surface area contributed by atoms with Crippen molar-refractivity contribution in [3.63, 3.8) is 0 Å². The van der Waals surface area contributed by atoms with Crippen LogP contribution in [-0.4, -0.2) is 47.5 Å². The van der Waals surface area contributed by atoms with Crippen LogP contribution in [0.15, 0.2) is 30.3 Å². The zero-order chi connectivity index (χ0) is 19.7. The Morgan fingerprint density at radius 1 is 1.25 bits per heavy atom. The highest BCUT2D eigenvalue weighted by Crippen LogP contribution is 2.20. The molecule has 0 saturated carbocycles. The first-order chi connectivity index (χ1) is 13.5. The number of amides is 1. The lowest BCUT2D eigenvalue weighted by atomic mass is 10.2. The second-order valence-electron chi connectivity index (χ2n) is 6.63. The number of aryl methyl sites for hydroxylation is 2. The zero-order valence-electron chi connectivity index (χ0n) is 15.9. The molecule has 1 unspecified atom stereocenters. The molecule has 9 heteroatoms. The molecule has 28 heavy (non-hydrogen) atoms. The Balaban J connectivity index is 1.62. The predicted molar refractivity (Wildman–Crippen MR) is 110 cm³/mol. The Kier molecular flexibility index (Phi) is 4.99. The van der Waals surface area contributed by atoms with Crippen molar-refractivity contribution in [1.29, 1.82) is 0 Å². The van der Waals surface area contributed by atoms with Gasteiger partial charge in [-0.05, 0) is 50.5 Å². The highest BCUT2D eigenvalue weighted by molar-refractivity contribution is 7.98. The van der Waals surface area contributed by atoms with E-state index in [1.807, 2.05) is 50.4 Å². The largest absolute Gasteiger partial charge is 0.340 e. The first kappa shape index (κ1) is 18.4. The number of hydrogen-bond donors (Lipinski definition) is 2. The first-order valence-electron chi connectivity index (χ1n) is 9.00. The molecule has 1 atom stereocenters. The number of para-hydroxylation sites is 2. The fourth-order valence-corrected chi connectivity index (χ4v) is 3.61. The van der Waals surface area contributed by atoms with Gasteiger partial charge in [0.15, 0.2) is 0 Å². The number of fused-ring (bicyclic) bond motifs is 2. The van der Waals surface area contributed by atoms with E-state index in [9.17, 15) is 4.79 Å². The summed E-state index contributed by atoms with van der Waals surface area (Å²) in [5.41, 5.74) is 3.54. The van der Waals surface area contributed by atoms with E-state index in [-0.39, 0.29) is 17.8 Å². The van der Waals surface area contributed by atoms with E-state index in [1.165, 1.54) is 0 Å². The van der Waals surface area contributed by atoms with E-state index >= 15 is 0 Å². The molecule has 0 aliphatic rings. The quantitative estimate of drug-likeness (QED) is 0.521. The number of hydrogen-bond acceptors (Lipinski definition) is 6. The third kappa shape index (κ3) is 3.57. The molecule has 3 heterocycles. The zero-order valence-corrected chi connectivity index (χ0v) is 16.7. The van der Waals surface area contributed by atoms with E-state index in [4.69, 9.17) is 0 Å². The average molecular weight is 395 g/mol. The smallest absolute Gasteiger partial charge is 0.291 e. The maximum atomic E-state index is 12.8. The van der Waals surface area contributed by atoms with Crippen LogP contribution >= 0.6 is 11.8 Å². The minimum Gasteiger partial charge on any atom is -0.340 e. The van der Waals surface area contributed by atoms with Crippen molar-refractivity contribution in [2.75, 3.05) is 12.0 Å². The Hall–Kier alpha value is -2.94. The molecule has 1 aromatic carbocycles. The van der Waals surface area contributed by atoms with Gasteiger partial charge < -0.3 is 10.3 Å².